The highest BCUT2D eigenvalue weighted by Crippen LogP contribution is 2.16. The number of rotatable bonds is 2. The van der Waals surface area contributed by atoms with Crippen LogP contribution in [0.5, 0.6) is 0 Å². The number of aromatic amines is 1. The number of para-hydroxylation sites is 1. The zero-order valence-corrected chi connectivity index (χ0v) is 9.76. The van der Waals surface area contributed by atoms with Crippen molar-refractivity contribution in [3.8, 4) is 0 Å². The monoisotopic (exact) mass is 236 g/mol. The highest BCUT2D eigenvalue weighted by molar-refractivity contribution is 5.77. The fraction of sp³-hybridized carbons (Fsp3) is 0.0667. The predicted octanol–water partition coefficient (Wildman–Crippen LogP) is 2.51. The van der Waals surface area contributed by atoms with Gasteiger partial charge in [-0.2, -0.15) is 0 Å². The van der Waals surface area contributed by atoms with Gasteiger partial charge in [0.05, 0.1) is 17.2 Å². The van der Waals surface area contributed by atoms with Crippen LogP contribution in [-0.4, -0.2) is 9.97 Å². The zero-order valence-electron chi connectivity index (χ0n) is 9.76. The van der Waals surface area contributed by atoms with E-state index >= 15 is 0 Å². The number of H-pyrrole nitrogens is 1. The third-order valence-corrected chi connectivity index (χ3v) is 2.93. The molecule has 0 unspecified atom stereocenters. The van der Waals surface area contributed by atoms with Crippen LogP contribution in [0.4, 0.5) is 0 Å². The maximum absolute atomic E-state index is 11.2. The Labute approximate surface area is 104 Å². The number of hydrogen-bond donors (Lipinski definition) is 1. The van der Waals surface area contributed by atoms with E-state index < -0.39 is 0 Å². The summed E-state index contributed by atoms with van der Waals surface area (Å²) in [5.41, 5.74) is 3.84. The van der Waals surface area contributed by atoms with Gasteiger partial charge in [-0.05, 0) is 23.6 Å². The molecule has 88 valence electrons. The molecule has 1 heterocycles. The Bertz CT molecular complexity index is 732. The molecule has 0 aliphatic heterocycles. The molecule has 3 aromatic rings. The van der Waals surface area contributed by atoms with E-state index in [1.165, 1.54) is 11.8 Å². The summed E-state index contributed by atoms with van der Waals surface area (Å²) < 4.78 is 0. The molecular weight excluding hydrogens is 224 g/mol. The lowest BCUT2D eigenvalue weighted by atomic mass is 10.0. The van der Waals surface area contributed by atoms with Gasteiger partial charge in [-0.25, -0.2) is 4.98 Å². The van der Waals surface area contributed by atoms with Gasteiger partial charge < -0.3 is 4.98 Å². The third-order valence-electron chi connectivity index (χ3n) is 2.93. The van der Waals surface area contributed by atoms with Crippen molar-refractivity contribution in [1.29, 1.82) is 0 Å². The van der Waals surface area contributed by atoms with Crippen molar-refractivity contribution < 1.29 is 0 Å². The molecule has 1 N–H and O–H groups in total. The minimum atomic E-state index is -0.167. The second kappa shape index (κ2) is 4.45. The molecule has 3 heteroatoms. The Balaban J connectivity index is 2.10. The lowest BCUT2D eigenvalue weighted by Crippen LogP contribution is -2.06. The standard InChI is InChI=1S/C15H12N2O/c18-14-10-16-15-12(7-4-8-13(15)17-14)9-11-5-2-1-3-6-11/h1-8,10H,9H2,(H,17,18). The molecule has 3 rings (SSSR count). The van der Waals surface area contributed by atoms with Gasteiger partial charge in [0.2, 0.25) is 0 Å². The molecular formula is C15H12N2O. The number of aromatic nitrogens is 2. The zero-order chi connectivity index (χ0) is 12.4. The first-order valence-electron chi connectivity index (χ1n) is 5.84. The van der Waals surface area contributed by atoms with Crippen LogP contribution in [0.3, 0.4) is 0 Å². The number of benzene rings is 2. The van der Waals surface area contributed by atoms with Gasteiger partial charge in [0, 0.05) is 0 Å². The van der Waals surface area contributed by atoms with Gasteiger partial charge in [-0.1, -0.05) is 42.5 Å². The Hall–Kier alpha value is -2.42. The molecule has 18 heavy (non-hydrogen) atoms. The van der Waals surface area contributed by atoms with Crippen molar-refractivity contribution >= 4 is 11.0 Å². The molecule has 0 aliphatic rings. The molecule has 0 amide bonds. The van der Waals surface area contributed by atoms with E-state index in [4.69, 9.17) is 0 Å². The van der Waals surface area contributed by atoms with Crippen LogP contribution in [0, 0.1) is 0 Å². The van der Waals surface area contributed by atoms with Crippen molar-refractivity contribution in [2.45, 2.75) is 6.42 Å². The SMILES string of the molecule is O=c1cnc2c(Cc3ccccc3)cccc2[nH]1. The van der Waals surface area contributed by atoms with E-state index in [2.05, 4.69) is 22.1 Å². The fourth-order valence-corrected chi connectivity index (χ4v) is 2.09. The summed E-state index contributed by atoms with van der Waals surface area (Å²) in [6.45, 7) is 0. The highest BCUT2D eigenvalue weighted by Gasteiger charge is 2.03. The summed E-state index contributed by atoms with van der Waals surface area (Å²) in [6, 6.07) is 16.1. The molecule has 0 fully saturated rings. The van der Waals surface area contributed by atoms with Gasteiger partial charge in [0.25, 0.3) is 5.56 Å². The predicted molar refractivity (Wildman–Crippen MR) is 71.6 cm³/mol. The van der Waals surface area contributed by atoms with Crippen molar-refractivity contribution in [3.05, 3.63) is 76.2 Å². The van der Waals surface area contributed by atoms with Crippen LogP contribution < -0.4 is 5.56 Å². The minimum Gasteiger partial charge on any atom is -0.319 e. The van der Waals surface area contributed by atoms with E-state index in [-0.39, 0.29) is 5.56 Å². The van der Waals surface area contributed by atoms with Crippen LogP contribution in [0.2, 0.25) is 0 Å². The molecule has 0 bridgehead atoms. The summed E-state index contributed by atoms with van der Waals surface area (Å²) in [4.78, 5) is 18.3. The van der Waals surface area contributed by atoms with Crippen LogP contribution in [0.15, 0.2) is 59.5 Å². The normalized spacial score (nSPS) is 10.7. The summed E-state index contributed by atoms with van der Waals surface area (Å²) in [7, 11) is 0. The molecule has 2 aromatic carbocycles. The maximum atomic E-state index is 11.2. The molecule has 0 aliphatic carbocycles. The van der Waals surface area contributed by atoms with E-state index in [1.807, 2.05) is 36.4 Å². The number of fused-ring (bicyclic) bond motifs is 1. The van der Waals surface area contributed by atoms with Crippen molar-refractivity contribution in [2.75, 3.05) is 0 Å². The Kier molecular flexibility index (Phi) is 2.65. The molecule has 0 saturated carbocycles. The average molecular weight is 236 g/mol. The summed E-state index contributed by atoms with van der Waals surface area (Å²) >= 11 is 0. The number of nitrogens with zero attached hydrogens (tertiary/aromatic N) is 1. The Morgan fingerprint density at radius 3 is 2.67 bits per heavy atom. The Morgan fingerprint density at radius 1 is 1.00 bits per heavy atom. The van der Waals surface area contributed by atoms with Crippen molar-refractivity contribution in [3.63, 3.8) is 0 Å². The van der Waals surface area contributed by atoms with Crippen LogP contribution in [-0.2, 0) is 6.42 Å². The lowest BCUT2D eigenvalue weighted by molar-refractivity contribution is 1.16. The van der Waals surface area contributed by atoms with Gasteiger partial charge >= 0.3 is 0 Å². The van der Waals surface area contributed by atoms with Crippen molar-refractivity contribution in [1.82, 2.24) is 9.97 Å². The maximum Gasteiger partial charge on any atom is 0.266 e. The number of hydrogen-bond acceptors (Lipinski definition) is 2. The number of nitrogens with one attached hydrogen (secondary N) is 1. The van der Waals surface area contributed by atoms with Gasteiger partial charge in [-0.15, -0.1) is 0 Å². The van der Waals surface area contributed by atoms with E-state index in [9.17, 15) is 4.79 Å². The second-order valence-electron chi connectivity index (χ2n) is 4.22. The van der Waals surface area contributed by atoms with Crippen LogP contribution in [0.25, 0.3) is 11.0 Å². The van der Waals surface area contributed by atoms with E-state index in [0.29, 0.717) is 0 Å². The van der Waals surface area contributed by atoms with Gasteiger partial charge in [-0.3, -0.25) is 4.79 Å². The molecule has 3 nitrogen and oxygen atoms in total. The van der Waals surface area contributed by atoms with Crippen LogP contribution >= 0.6 is 0 Å². The summed E-state index contributed by atoms with van der Waals surface area (Å²) in [6.07, 6.45) is 2.15. The summed E-state index contributed by atoms with van der Waals surface area (Å²) in [5.74, 6) is 0. The second-order valence-corrected chi connectivity index (χ2v) is 4.22. The molecule has 1 aromatic heterocycles. The molecule has 0 atom stereocenters. The smallest absolute Gasteiger partial charge is 0.266 e. The first-order chi connectivity index (χ1) is 8.83. The quantitative estimate of drug-likeness (QED) is 0.743. The van der Waals surface area contributed by atoms with E-state index in [1.54, 1.807) is 0 Å². The first-order valence-corrected chi connectivity index (χ1v) is 5.84. The topological polar surface area (TPSA) is 45.8 Å². The Morgan fingerprint density at radius 2 is 1.83 bits per heavy atom. The molecule has 0 spiro atoms. The van der Waals surface area contributed by atoms with Crippen LogP contribution in [0.1, 0.15) is 11.1 Å². The highest BCUT2D eigenvalue weighted by atomic mass is 16.1. The largest absolute Gasteiger partial charge is 0.319 e. The third kappa shape index (κ3) is 2.02. The minimum absolute atomic E-state index is 0.167. The van der Waals surface area contributed by atoms with Gasteiger partial charge in [0.1, 0.15) is 0 Å². The summed E-state index contributed by atoms with van der Waals surface area (Å²) in [5, 5.41) is 0. The van der Waals surface area contributed by atoms with Crippen molar-refractivity contribution in [2.24, 2.45) is 0 Å². The van der Waals surface area contributed by atoms with Gasteiger partial charge in [0.15, 0.2) is 0 Å². The molecule has 0 saturated heterocycles. The average Bonchev–Trinajstić information content (AvgIpc) is 2.40. The lowest BCUT2D eigenvalue weighted by Gasteiger charge is -2.05. The first kappa shape index (κ1) is 10.7. The molecule has 0 radical (unpaired) electrons. The van der Waals surface area contributed by atoms with E-state index in [0.717, 1.165) is 23.0 Å². The fourth-order valence-electron chi connectivity index (χ4n) is 2.09.